The Balaban J connectivity index is 2.36. The lowest BCUT2D eigenvalue weighted by molar-refractivity contribution is -0.0881. The maximum absolute atomic E-state index is 13.2. The van der Waals surface area contributed by atoms with Gasteiger partial charge >= 0.3 is 12.1 Å². The van der Waals surface area contributed by atoms with Crippen molar-refractivity contribution >= 4 is 23.8 Å². The van der Waals surface area contributed by atoms with Gasteiger partial charge in [0.05, 0.1) is 18.2 Å². The first-order chi connectivity index (χ1) is 12.2. The van der Waals surface area contributed by atoms with Gasteiger partial charge < -0.3 is 4.74 Å². The predicted octanol–water partition coefficient (Wildman–Crippen LogP) is 6.03. The number of allylic oxidation sites excluding steroid dienone is 1. The maximum Gasteiger partial charge on any atom is 0.416 e. The Labute approximate surface area is 154 Å². The van der Waals surface area contributed by atoms with Crippen LogP contribution in [0.1, 0.15) is 21.5 Å². The van der Waals surface area contributed by atoms with Crippen LogP contribution in [0.5, 0.6) is 0 Å². The monoisotopic (exact) mass is 378 g/mol. The number of esters is 1. The van der Waals surface area contributed by atoms with Gasteiger partial charge in [-0.25, -0.2) is 4.79 Å². The third kappa shape index (κ3) is 5.26. The van der Waals surface area contributed by atoms with Gasteiger partial charge in [0.25, 0.3) is 0 Å². The van der Waals surface area contributed by atoms with E-state index in [1.807, 2.05) is 19.1 Å². The van der Waals surface area contributed by atoms with Crippen molar-refractivity contribution in [2.75, 3.05) is 7.11 Å². The van der Waals surface area contributed by atoms with Crippen molar-refractivity contribution in [1.29, 1.82) is 0 Å². The summed E-state index contributed by atoms with van der Waals surface area (Å²) in [5.41, 5.74) is 0.956. The number of thioether (sulfide) groups is 1. The summed E-state index contributed by atoms with van der Waals surface area (Å²) in [5, 5.41) is 0. The minimum absolute atomic E-state index is 0.00725. The zero-order valence-corrected chi connectivity index (χ0v) is 15.1. The molecule has 2 aromatic carbocycles. The first-order valence-electron chi connectivity index (χ1n) is 7.62. The number of alkyl halides is 3. The van der Waals surface area contributed by atoms with Gasteiger partial charge in [-0.15, -0.1) is 0 Å². The third-order valence-electron chi connectivity index (χ3n) is 3.52. The summed E-state index contributed by atoms with van der Waals surface area (Å²) in [7, 11) is 1.26. The predicted molar refractivity (Wildman–Crippen MR) is 98.0 cm³/mol. The fraction of sp³-hybridized carbons (Fsp3) is 0.150. The number of carbonyl (C=O) groups excluding carboxylic acids is 1. The zero-order valence-electron chi connectivity index (χ0n) is 14.3. The summed E-state index contributed by atoms with van der Waals surface area (Å²) < 4.78 is 44.1. The zero-order chi connectivity index (χ0) is 19.3. The van der Waals surface area contributed by atoms with Crippen LogP contribution in [0.15, 0.2) is 70.5 Å². The van der Waals surface area contributed by atoms with E-state index in [4.69, 9.17) is 0 Å². The average molecular weight is 378 g/mol. The highest BCUT2D eigenvalue weighted by Gasteiger charge is 2.34. The molecule has 0 aliphatic heterocycles. The van der Waals surface area contributed by atoms with Crippen molar-refractivity contribution in [3.8, 4) is 0 Å². The molecule has 0 aliphatic rings. The molecule has 0 bridgehead atoms. The molecular formula is C20H17F3O2S. The van der Waals surface area contributed by atoms with E-state index in [2.05, 4.69) is 11.3 Å². The number of methoxy groups -OCH3 is 1. The van der Waals surface area contributed by atoms with Gasteiger partial charge in [0.15, 0.2) is 0 Å². The van der Waals surface area contributed by atoms with E-state index < -0.39 is 17.7 Å². The quantitative estimate of drug-likeness (QED) is 0.361. The summed E-state index contributed by atoms with van der Waals surface area (Å²) >= 11 is 0.992. The summed E-state index contributed by atoms with van der Waals surface area (Å²) in [5.74, 6) is -0.505. The minimum Gasteiger partial charge on any atom is -0.465 e. The average Bonchev–Trinajstić information content (AvgIpc) is 2.61. The van der Waals surface area contributed by atoms with Gasteiger partial charge in [-0.05, 0) is 42.8 Å². The Morgan fingerprint density at radius 3 is 2.15 bits per heavy atom. The molecule has 2 aromatic rings. The van der Waals surface area contributed by atoms with E-state index in [0.717, 1.165) is 17.3 Å². The van der Waals surface area contributed by atoms with Crippen LogP contribution in [0.3, 0.4) is 0 Å². The van der Waals surface area contributed by atoms with E-state index in [-0.39, 0.29) is 4.91 Å². The summed E-state index contributed by atoms with van der Waals surface area (Å²) in [6, 6.07) is 13.3. The first-order valence-corrected chi connectivity index (χ1v) is 8.43. The highest BCUT2D eigenvalue weighted by molar-refractivity contribution is 8.03. The Kier molecular flexibility index (Phi) is 6.32. The van der Waals surface area contributed by atoms with E-state index in [1.165, 1.54) is 25.3 Å². The second-order valence-corrected chi connectivity index (χ2v) is 6.63. The van der Waals surface area contributed by atoms with Crippen LogP contribution in [-0.2, 0) is 4.74 Å². The molecule has 0 amide bonds. The molecular weight excluding hydrogens is 361 g/mol. The van der Waals surface area contributed by atoms with Gasteiger partial charge in [0.1, 0.15) is 0 Å². The second kappa shape index (κ2) is 8.27. The minimum atomic E-state index is -4.53. The Morgan fingerprint density at radius 1 is 1.08 bits per heavy atom. The van der Waals surface area contributed by atoms with Crippen molar-refractivity contribution in [3.05, 3.63) is 82.3 Å². The number of hydrogen-bond acceptors (Lipinski definition) is 3. The molecule has 6 heteroatoms. The van der Waals surface area contributed by atoms with Gasteiger partial charge in [-0.1, -0.05) is 48.2 Å². The van der Waals surface area contributed by atoms with Crippen molar-refractivity contribution in [2.24, 2.45) is 0 Å². The van der Waals surface area contributed by atoms with Crippen LogP contribution in [0.4, 0.5) is 13.2 Å². The van der Waals surface area contributed by atoms with Gasteiger partial charge in [0, 0.05) is 9.80 Å². The number of aryl methyl sites for hydroxylation is 1. The van der Waals surface area contributed by atoms with Gasteiger partial charge in [0.2, 0.25) is 0 Å². The summed E-state index contributed by atoms with van der Waals surface area (Å²) in [6.45, 7) is 5.11. The van der Waals surface area contributed by atoms with Gasteiger partial charge in [-0.2, -0.15) is 13.2 Å². The SMILES string of the molecule is C=C(/C(=C\c1ccc(C(=O)OC)cc1)Sc1ccc(C)cc1)C(F)(F)F. The molecule has 0 aliphatic carbocycles. The van der Waals surface area contributed by atoms with Crippen LogP contribution >= 0.6 is 11.8 Å². The fourth-order valence-electron chi connectivity index (χ4n) is 2.04. The Bertz CT molecular complexity index is 820. The van der Waals surface area contributed by atoms with Crippen molar-refractivity contribution in [3.63, 3.8) is 0 Å². The molecule has 0 atom stereocenters. The van der Waals surface area contributed by atoms with Crippen molar-refractivity contribution < 1.29 is 22.7 Å². The normalized spacial score (nSPS) is 12.0. The number of benzene rings is 2. The summed E-state index contributed by atoms with van der Waals surface area (Å²) in [4.78, 5) is 12.1. The van der Waals surface area contributed by atoms with Crippen LogP contribution in [0.25, 0.3) is 6.08 Å². The number of rotatable bonds is 5. The molecule has 0 spiro atoms. The lowest BCUT2D eigenvalue weighted by Crippen LogP contribution is -2.11. The van der Waals surface area contributed by atoms with Crippen LogP contribution in [0.2, 0.25) is 0 Å². The standard InChI is InChI=1S/C20H17F3O2S/c1-13-4-10-17(11-5-13)26-18(14(2)20(21,22)23)12-15-6-8-16(9-7-15)19(24)25-3/h4-12H,2H2,1,3H3/b18-12+. The molecule has 0 fully saturated rings. The molecule has 26 heavy (non-hydrogen) atoms. The van der Waals surface area contributed by atoms with E-state index in [0.29, 0.717) is 16.0 Å². The summed E-state index contributed by atoms with van der Waals surface area (Å²) in [6.07, 6.45) is -3.13. The smallest absolute Gasteiger partial charge is 0.416 e. The van der Waals surface area contributed by atoms with Crippen LogP contribution in [0, 0.1) is 6.92 Å². The topological polar surface area (TPSA) is 26.3 Å². The molecule has 2 nitrogen and oxygen atoms in total. The first kappa shape index (κ1) is 19.8. The largest absolute Gasteiger partial charge is 0.465 e. The number of hydrogen-bond donors (Lipinski definition) is 0. The Morgan fingerprint density at radius 2 is 1.65 bits per heavy atom. The Hall–Kier alpha value is -2.47. The van der Waals surface area contributed by atoms with Crippen molar-refractivity contribution in [2.45, 2.75) is 18.0 Å². The lowest BCUT2D eigenvalue weighted by atomic mass is 10.1. The highest BCUT2D eigenvalue weighted by atomic mass is 32.2. The van der Waals surface area contributed by atoms with Gasteiger partial charge in [-0.3, -0.25) is 0 Å². The fourth-order valence-corrected chi connectivity index (χ4v) is 3.00. The molecule has 2 rings (SSSR count). The van der Waals surface area contributed by atoms with E-state index in [9.17, 15) is 18.0 Å². The van der Waals surface area contributed by atoms with Crippen molar-refractivity contribution in [1.82, 2.24) is 0 Å². The highest BCUT2D eigenvalue weighted by Crippen LogP contribution is 2.40. The molecule has 0 aromatic heterocycles. The number of carbonyl (C=O) groups is 1. The van der Waals surface area contributed by atoms with Crippen LogP contribution in [-0.4, -0.2) is 19.3 Å². The lowest BCUT2D eigenvalue weighted by Gasteiger charge is -2.14. The number of ether oxygens (including phenoxy) is 1. The van der Waals surface area contributed by atoms with Crippen LogP contribution < -0.4 is 0 Å². The molecule has 0 saturated carbocycles. The number of halogens is 3. The third-order valence-corrected chi connectivity index (χ3v) is 4.61. The molecule has 0 radical (unpaired) electrons. The maximum atomic E-state index is 13.2. The molecule has 0 unspecified atom stereocenters. The molecule has 0 N–H and O–H groups in total. The van der Waals surface area contributed by atoms with E-state index in [1.54, 1.807) is 24.3 Å². The van der Waals surface area contributed by atoms with E-state index >= 15 is 0 Å². The molecule has 0 heterocycles. The molecule has 136 valence electrons. The molecule has 0 saturated heterocycles. The second-order valence-electron chi connectivity index (χ2n) is 5.51.